The molecule has 0 fully saturated rings. The molecule has 1 unspecified atom stereocenters. The predicted octanol–water partition coefficient (Wildman–Crippen LogP) is 2.78. The molecule has 0 radical (unpaired) electrons. The Hall–Kier alpha value is -1.35. The molecule has 20 heavy (non-hydrogen) atoms. The van der Waals surface area contributed by atoms with Crippen LogP contribution in [0.25, 0.3) is 11.0 Å². The Balaban J connectivity index is 2.59. The molecule has 0 bridgehead atoms. The fraction of sp³-hybridized carbons (Fsp3) is 0.364. The number of benzene rings is 1. The fourth-order valence-corrected chi connectivity index (χ4v) is 2.55. The van der Waals surface area contributed by atoms with Crippen LogP contribution in [-0.4, -0.2) is 29.4 Å². The molecule has 0 saturated carbocycles. The molecule has 0 aliphatic rings. The third kappa shape index (κ3) is 2.47. The van der Waals surface area contributed by atoms with Gasteiger partial charge in [-0.2, -0.15) is 8.78 Å². The summed E-state index contributed by atoms with van der Waals surface area (Å²) in [4.78, 5) is 16.0. The molecule has 0 aliphatic heterocycles. The average Bonchev–Trinajstić information content (AvgIpc) is 2.69. The van der Waals surface area contributed by atoms with E-state index >= 15 is 0 Å². The highest BCUT2D eigenvalue weighted by atomic mass is 79.9. The van der Waals surface area contributed by atoms with Crippen molar-refractivity contribution in [2.75, 3.05) is 7.05 Å². The van der Waals surface area contributed by atoms with Crippen LogP contribution in [0.15, 0.2) is 21.4 Å². The lowest BCUT2D eigenvalue weighted by molar-refractivity contribution is -0.150. The molecule has 0 saturated heterocycles. The third-order valence-electron chi connectivity index (χ3n) is 2.91. The quantitative estimate of drug-likeness (QED) is 0.738. The zero-order valence-corrected chi connectivity index (χ0v) is 11.7. The van der Waals surface area contributed by atoms with E-state index in [0.717, 1.165) is 7.05 Å². The lowest BCUT2D eigenvalue weighted by Crippen LogP contribution is -2.41. The molecule has 4 nitrogen and oxygen atoms in total. The molecule has 1 atom stereocenters. The van der Waals surface area contributed by atoms with Gasteiger partial charge in [0.25, 0.3) is 0 Å². The number of hydrogen-bond donors (Lipinski definition) is 3. The summed E-state index contributed by atoms with van der Waals surface area (Å²) in [6.45, 7) is 0. The van der Waals surface area contributed by atoms with Gasteiger partial charge in [-0.1, -0.05) is 15.9 Å². The van der Waals surface area contributed by atoms with Crippen molar-refractivity contribution in [1.29, 1.82) is 0 Å². The van der Waals surface area contributed by atoms with E-state index in [1.54, 1.807) is 0 Å². The topological polar surface area (TPSA) is 60.7 Å². The second-order valence-corrected chi connectivity index (χ2v) is 5.05. The number of aromatic nitrogens is 2. The van der Waals surface area contributed by atoms with Crippen molar-refractivity contribution in [3.8, 4) is 0 Å². The van der Waals surface area contributed by atoms with E-state index in [9.17, 15) is 22.4 Å². The number of fused-ring (bicyclic) bond motifs is 1. The Kier molecular flexibility index (Phi) is 3.92. The summed E-state index contributed by atoms with van der Waals surface area (Å²) in [6, 6.07) is 0.725. The standard InChI is InChI=1S/C11H10BrF4N3O/c1-17-8(11(15,16)9(13)14)4-2-6-7(3-5(4)12)19-10(20)18-6/h2-3,8-9,17H,1H3,(H2,18,19,20). The first kappa shape index (κ1) is 15.0. The monoisotopic (exact) mass is 355 g/mol. The maximum atomic E-state index is 13.6. The number of nitrogens with one attached hydrogen (secondary N) is 3. The van der Waals surface area contributed by atoms with Crippen LogP contribution in [0.1, 0.15) is 11.6 Å². The van der Waals surface area contributed by atoms with Gasteiger partial charge in [-0.15, -0.1) is 0 Å². The predicted molar refractivity (Wildman–Crippen MR) is 69.4 cm³/mol. The molecule has 1 aromatic heterocycles. The normalized spacial score (nSPS) is 14.2. The van der Waals surface area contributed by atoms with Gasteiger partial charge in [0.2, 0.25) is 0 Å². The van der Waals surface area contributed by atoms with Crippen molar-refractivity contribution >= 4 is 27.0 Å². The van der Waals surface area contributed by atoms with Crippen LogP contribution in [0.2, 0.25) is 0 Å². The number of hydrogen-bond acceptors (Lipinski definition) is 2. The summed E-state index contributed by atoms with van der Waals surface area (Å²) in [5.74, 6) is -4.25. The van der Waals surface area contributed by atoms with Gasteiger partial charge in [0.05, 0.1) is 11.0 Å². The minimum Gasteiger partial charge on any atom is -0.308 e. The summed E-state index contributed by atoms with van der Waals surface area (Å²) in [5.41, 5.74) is 0.0746. The van der Waals surface area contributed by atoms with Crippen LogP contribution in [0.5, 0.6) is 0 Å². The Labute approximate surface area is 118 Å². The Morgan fingerprint density at radius 3 is 2.30 bits per heavy atom. The fourth-order valence-electron chi connectivity index (χ4n) is 1.98. The molecular formula is C11H10BrF4N3O. The van der Waals surface area contributed by atoms with Crippen LogP contribution in [-0.2, 0) is 0 Å². The molecule has 2 rings (SSSR count). The minimum atomic E-state index is -4.25. The highest BCUT2D eigenvalue weighted by Crippen LogP contribution is 2.39. The number of alkyl halides is 4. The van der Waals surface area contributed by atoms with E-state index in [-0.39, 0.29) is 15.6 Å². The zero-order chi connectivity index (χ0) is 15.1. The smallest absolute Gasteiger partial charge is 0.308 e. The van der Waals surface area contributed by atoms with Gasteiger partial charge in [0.15, 0.2) is 0 Å². The molecule has 1 heterocycles. The van der Waals surface area contributed by atoms with Crippen LogP contribution in [0, 0.1) is 0 Å². The first-order chi connectivity index (χ1) is 9.27. The van der Waals surface area contributed by atoms with Crippen LogP contribution in [0.4, 0.5) is 17.6 Å². The van der Waals surface area contributed by atoms with Crippen LogP contribution in [0.3, 0.4) is 0 Å². The number of H-pyrrole nitrogens is 2. The first-order valence-electron chi connectivity index (χ1n) is 5.52. The zero-order valence-electron chi connectivity index (χ0n) is 10.1. The van der Waals surface area contributed by atoms with E-state index < -0.39 is 24.1 Å². The maximum Gasteiger partial charge on any atom is 0.326 e. The van der Waals surface area contributed by atoms with Gasteiger partial charge in [0.1, 0.15) is 6.04 Å². The van der Waals surface area contributed by atoms with E-state index in [2.05, 4.69) is 31.2 Å². The number of rotatable bonds is 4. The molecule has 2 aromatic rings. The molecule has 0 aliphatic carbocycles. The first-order valence-corrected chi connectivity index (χ1v) is 6.31. The Bertz CT molecular complexity index is 682. The van der Waals surface area contributed by atoms with Crippen molar-refractivity contribution in [2.24, 2.45) is 0 Å². The highest BCUT2D eigenvalue weighted by Gasteiger charge is 2.49. The largest absolute Gasteiger partial charge is 0.326 e. The molecule has 0 spiro atoms. The molecule has 3 N–H and O–H groups in total. The van der Waals surface area contributed by atoms with Gasteiger partial charge in [-0.3, -0.25) is 0 Å². The second kappa shape index (κ2) is 5.21. The minimum absolute atomic E-state index is 0.0689. The van der Waals surface area contributed by atoms with Crippen LogP contribution >= 0.6 is 15.9 Å². The summed E-state index contributed by atoms with van der Waals surface area (Å²) in [6.07, 6.45) is -3.81. The molecule has 110 valence electrons. The Morgan fingerprint density at radius 1 is 1.25 bits per heavy atom. The number of halogens is 5. The maximum absolute atomic E-state index is 13.6. The van der Waals surface area contributed by atoms with E-state index in [1.165, 1.54) is 12.1 Å². The van der Waals surface area contributed by atoms with Crippen molar-refractivity contribution in [3.05, 3.63) is 32.7 Å². The molecule has 1 aromatic carbocycles. The molecule has 0 amide bonds. The highest BCUT2D eigenvalue weighted by molar-refractivity contribution is 9.10. The van der Waals surface area contributed by atoms with E-state index in [4.69, 9.17) is 0 Å². The third-order valence-corrected chi connectivity index (χ3v) is 3.60. The molecular weight excluding hydrogens is 346 g/mol. The van der Waals surface area contributed by atoms with Crippen molar-refractivity contribution in [2.45, 2.75) is 18.4 Å². The van der Waals surface area contributed by atoms with Crippen LogP contribution < -0.4 is 11.0 Å². The Morgan fingerprint density at radius 2 is 1.80 bits per heavy atom. The van der Waals surface area contributed by atoms with Gasteiger partial charge < -0.3 is 15.3 Å². The van der Waals surface area contributed by atoms with Crippen molar-refractivity contribution < 1.29 is 17.6 Å². The van der Waals surface area contributed by atoms with Crippen molar-refractivity contribution in [1.82, 2.24) is 15.3 Å². The SMILES string of the molecule is CNC(c1cc2[nH]c(=O)[nH]c2cc1Br)C(F)(F)C(F)F. The van der Waals surface area contributed by atoms with Crippen molar-refractivity contribution in [3.63, 3.8) is 0 Å². The van der Waals surface area contributed by atoms with Gasteiger partial charge >= 0.3 is 18.0 Å². The summed E-state index contributed by atoms with van der Waals surface area (Å²) in [7, 11) is 1.16. The van der Waals surface area contributed by atoms with Gasteiger partial charge in [-0.25, -0.2) is 13.6 Å². The molecule has 9 heteroatoms. The van der Waals surface area contributed by atoms with E-state index in [0.29, 0.717) is 5.52 Å². The lowest BCUT2D eigenvalue weighted by Gasteiger charge is -2.27. The summed E-state index contributed by atoms with van der Waals surface area (Å²) < 4.78 is 52.4. The van der Waals surface area contributed by atoms with Gasteiger partial charge in [-0.05, 0) is 24.7 Å². The number of imidazole rings is 1. The summed E-state index contributed by atoms with van der Waals surface area (Å²) >= 11 is 3.06. The summed E-state index contributed by atoms with van der Waals surface area (Å²) in [5, 5.41) is 2.19. The lowest BCUT2D eigenvalue weighted by atomic mass is 10.0. The second-order valence-electron chi connectivity index (χ2n) is 4.20. The number of aromatic amines is 2. The van der Waals surface area contributed by atoms with E-state index in [1.807, 2.05) is 0 Å². The van der Waals surface area contributed by atoms with Gasteiger partial charge in [0, 0.05) is 4.47 Å². The average molecular weight is 356 g/mol.